The molecule has 2 rings (SSSR count). The van der Waals surface area contributed by atoms with Gasteiger partial charge in [0.25, 0.3) is 0 Å². The molecule has 2 aromatic carbocycles. The van der Waals surface area contributed by atoms with Gasteiger partial charge in [-0.3, -0.25) is 4.79 Å². The fourth-order valence-corrected chi connectivity index (χ4v) is 4.01. The van der Waals surface area contributed by atoms with Gasteiger partial charge in [0.05, 0.1) is 23.2 Å². The Morgan fingerprint density at radius 2 is 1.79 bits per heavy atom. The molecule has 0 amide bonds. The van der Waals surface area contributed by atoms with Crippen LogP contribution in [-0.4, -0.2) is 31.7 Å². The molecule has 0 fully saturated rings. The van der Waals surface area contributed by atoms with Crippen LogP contribution in [0.15, 0.2) is 53.0 Å². The molecule has 2 aromatic rings. The van der Waals surface area contributed by atoms with Crippen molar-refractivity contribution < 1.29 is 32.7 Å². The number of hydrogen-bond donors (Lipinski definition) is 1. The Hall–Kier alpha value is -2.35. The van der Waals surface area contributed by atoms with Gasteiger partial charge in [-0.2, -0.15) is 5.09 Å². The van der Waals surface area contributed by atoms with E-state index in [1.54, 1.807) is 44.2 Å². The van der Waals surface area contributed by atoms with Crippen LogP contribution in [0.3, 0.4) is 0 Å². The van der Waals surface area contributed by atoms with Crippen LogP contribution in [0.2, 0.25) is 0 Å². The SMILES string of the molecule is COC(=O)c1ccc(OP(=O)(NCC(=O)OC(C)C)Oc2ccccc2)c(Br)c1. The Bertz CT molecular complexity index is 905. The van der Waals surface area contributed by atoms with E-state index in [4.69, 9.17) is 13.8 Å². The van der Waals surface area contributed by atoms with E-state index < -0.39 is 19.7 Å². The summed E-state index contributed by atoms with van der Waals surface area (Å²) in [6.07, 6.45) is -0.320. The molecule has 0 heterocycles. The van der Waals surface area contributed by atoms with Crippen molar-refractivity contribution in [2.24, 2.45) is 0 Å². The fourth-order valence-electron chi connectivity index (χ4n) is 2.12. The highest BCUT2D eigenvalue weighted by Gasteiger charge is 2.30. The minimum Gasteiger partial charge on any atom is -0.465 e. The van der Waals surface area contributed by atoms with Crippen LogP contribution >= 0.6 is 23.7 Å². The summed E-state index contributed by atoms with van der Waals surface area (Å²) in [5.74, 6) is -0.722. The van der Waals surface area contributed by atoms with Crippen LogP contribution in [0.25, 0.3) is 0 Å². The smallest absolute Gasteiger partial charge is 0.465 e. The second-order valence-electron chi connectivity index (χ2n) is 6.00. The van der Waals surface area contributed by atoms with Gasteiger partial charge in [0, 0.05) is 0 Å². The molecular formula is C19H21BrNO7P. The molecule has 0 saturated heterocycles. The molecule has 0 saturated carbocycles. The molecule has 1 atom stereocenters. The third-order valence-electron chi connectivity index (χ3n) is 3.32. The number of para-hydroxylation sites is 1. The Labute approximate surface area is 177 Å². The van der Waals surface area contributed by atoms with Crippen molar-refractivity contribution in [3.8, 4) is 11.5 Å². The second-order valence-corrected chi connectivity index (χ2v) is 8.53. The number of carbonyl (C=O) groups is 2. The minimum atomic E-state index is -4.03. The van der Waals surface area contributed by atoms with Crippen LogP contribution < -0.4 is 14.1 Å². The standard InChI is InChI=1S/C19H21BrNO7P/c1-13(2)26-18(22)12-21-29(24,27-15-7-5-4-6-8-15)28-17-10-9-14(11-16(17)20)19(23)25-3/h4-11,13H,12H2,1-3H3,(H,21,24). The highest BCUT2D eigenvalue weighted by molar-refractivity contribution is 9.10. The molecule has 10 heteroatoms. The Morgan fingerprint density at radius 1 is 1.10 bits per heavy atom. The quantitative estimate of drug-likeness (QED) is 0.413. The highest BCUT2D eigenvalue weighted by atomic mass is 79.9. The maximum Gasteiger partial charge on any atom is 0.513 e. The fraction of sp³-hybridized carbons (Fsp3) is 0.263. The number of nitrogens with one attached hydrogen (secondary N) is 1. The number of ether oxygens (including phenoxy) is 2. The lowest BCUT2D eigenvalue weighted by atomic mass is 10.2. The summed E-state index contributed by atoms with van der Waals surface area (Å²) in [5, 5.41) is 2.50. The number of carbonyl (C=O) groups excluding carboxylic acids is 2. The van der Waals surface area contributed by atoms with Crippen molar-refractivity contribution in [3.05, 3.63) is 58.6 Å². The predicted octanol–water partition coefficient (Wildman–Crippen LogP) is 4.34. The predicted molar refractivity (Wildman–Crippen MR) is 110 cm³/mol. The molecular weight excluding hydrogens is 465 g/mol. The molecule has 0 spiro atoms. The first kappa shape index (κ1) is 22.9. The number of benzene rings is 2. The van der Waals surface area contributed by atoms with Crippen LogP contribution in [0.1, 0.15) is 24.2 Å². The van der Waals surface area contributed by atoms with E-state index in [2.05, 4.69) is 25.8 Å². The molecule has 8 nitrogen and oxygen atoms in total. The van der Waals surface area contributed by atoms with Gasteiger partial charge >= 0.3 is 19.7 Å². The molecule has 0 aliphatic rings. The largest absolute Gasteiger partial charge is 0.513 e. The van der Waals surface area contributed by atoms with Crippen LogP contribution in [-0.2, 0) is 18.8 Å². The normalized spacial score (nSPS) is 12.7. The number of rotatable bonds is 9. The van der Waals surface area contributed by atoms with E-state index >= 15 is 0 Å². The van der Waals surface area contributed by atoms with Gasteiger partial charge in [-0.15, -0.1) is 0 Å². The molecule has 156 valence electrons. The zero-order valence-corrected chi connectivity index (χ0v) is 18.6. The molecule has 0 bridgehead atoms. The maximum atomic E-state index is 13.3. The summed E-state index contributed by atoms with van der Waals surface area (Å²) >= 11 is 3.27. The van der Waals surface area contributed by atoms with E-state index in [1.807, 2.05) is 0 Å². The summed E-state index contributed by atoms with van der Waals surface area (Å²) in [5.41, 5.74) is 0.277. The summed E-state index contributed by atoms with van der Waals surface area (Å²) in [6, 6.07) is 12.7. The molecule has 0 radical (unpaired) electrons. The lowest BCUT2D eigenvalue weighted by Gasteiger charge is -2.21. The summed E-state index contributed by atoms with van der Waals surface area (Å²) < 4.78 is 34.4. The van der Waals surface area contributed by atoms with Crippen molar-refractivity contribution in [2.75, 3.05) is 13.7 Å². The van der Waals surface area contributed by atoms with Crippen LogP contribution in [0.4, 0.5) is 0 Å². The van der Waals surface area contributed by atoms with Gasteiger partial charge in [0.15, 0.2) is 0 Å². The molecule has 0 aliphatic carbocycles. The molecule has 29 heavy (non-hydrogen) atoms. The molecule has 0 aliphatic heterocycles. The Balaban J connectivity index is 2.23. The number of halogens is 1. The number of esters is 2. The average Bonchev–Trinajstić information content (AvgIpc) is 2.68. The zero-order valence-electron chi connectivity index (χ0n) is 16.1. The first-order valence-electron chi connectivity index (χ1n) is 8.59. The van der Waals surface area contributed by atoms with E-state index in [0.717, 1.165) is 0 Å². The number of hydrogen-bond acceptors (Lipinski definition) is 7. The van der Waals surface area contributed by atoms with Crippen molar-refractivity contribution in [3.63, 3.8) is 0 Å². The second kappa shape index (κ2) is 10.4. The lowest BCUT2D eigenvalue weighted by Crippen LogP contribution is -2.28. The van der Waals surface area contributed by atoms with E-state index in [-0.39, 0.29) is 29.7 Å². The van der Waals surface area contributed by atoms with Crippen LogP contribution in [0, 0.1) is 0 Å². The number of methoxy groups -OCH3 is 1. The van der Waals surface area contributed by atoms with E-state index in [9.17, 15) is 14.2 Å². The summed E-state index contributed by atoms with van der Waals surface area (Å²) in [4.78, 5) is 23.5. The van der Waals surface area contributed by atoms with Crippen molar-refractivity contribution in [1.82, 2.24) is 5.09 Å². The third kappa shape index (κ3) is 7.20. The van der Waals surface area contributed by atoms with Crippen molar-refractivity contribution in [2.45, 2.75) is 20.0 Å². The maximum absolute atomic E-state index is 13.3. The molecule has 1 unspecified atom stereocenters. The van der Waals surface area contributed by atoms with Crippen LogP contribution in [0.5, 0.6) is 11.5 Å². The van der Waals surface area contributed by atoms with Gasteiger partial charge < -0.3 is 18.5 Å². The first-order chi connectivity index (χ1) is 13.7. The van der Waals surface area contributed by atoms with Gasteiger partial charge in [-0.1, -0.05) is 18.2 Å². The minimum absolute atomic E-state index is 0.140. The first-order valence-corrected chi connectivity index (χ1v) is 10.9. The summed E-state index contributed by atoms with van der Waals surface area (Å²) in [7, 11) is -2.76. The monoisotopic (exact) mass is 485 g/mol. The Morgan fingerprint density at radius 3 is 2.38 bits per heavy atom. The van der Waals surface area contributed by atoms with Gasteiger partial charge in [-0.05, 0) is 60.1 Å². The lowest BCUT2D eigenvalue weighted by molar-refractivity contribution is -0.145. The zero-order chi connectivity index (χ0) is 21.4. The topological polar surface area (TPSA) is 100 Å². The Kier molecular flexibility index (Phi) is 8.25. The summed E-state index contributed by atoms with van der Waals surface area (Å²) in [6.45, 7) is 3.02. The van der Waals surface area contributed by atoms with E-state index in [1.165, 1.54) is 25.3 Å². The molecule has 1 N–H and O–H groups in total. The average molecular weight is 486 g/mol. The van der Waals surface area contributed by atoms with E-state index in [0.29, 0.717) is 4.47 Å². The van der Waals surface area contributed by atoms with Gasteiger partial charge in [-0.25, -0.2) is 9.36 Å². The third-order valence-corrected chi connectivity index (χ3v) is 5.38. The van der Waals surface area contributed by atoms with Crippen molar-refractivity contribution in [1.29, 1.82) is 0 Å². The highest BCUT2D eigenvalue weighted by Crippen LogP contribution is 2.46. The van der Waals surface area contributed by atoms with Gasteiger partial charge in [0.1, 0.15) is 18.0 Å². The molecule has 0 aromatic heterocycles. The van der Waals surface area contributed by atoms with Gasteiger partial charge in [0.2, 0.25) is 0 Å². The van der Waals surface area contributed by atoms with Crippen molar-refractivity contribution >= 4 is 35.6 Å².